The van der Waals surface area contributed by atoms with Gasteiger partial charge in [-0.05, 0) is 116 Å². The highest BCUT2D eigenvalue weighted by Gasteiger charge is 2.47. The zero-order chi connectivity index (χ0) is 66.7. The molecule has 0 aromatic carbocycles. The number of nitrogens with one attached hydrogen (secondary N) is 1. The molecule has 0 saturated carbocycles. The quantitative estimate of drug-likeness (QED) is 0.0195. The van der Waals surface area contributed by atoms with E-state index in [2.05, 4.69) is 135 Å². The van der Waals surface area contributed by atoms with Crippen molar-refractivity contribution in [3.63, 3.8) is 0 Å². The third kappa shape index (κ3) is 53.3. The van der Waals surface area contributed by atoms with E-state index in [1.807, 2.05) is 6.08 Å². The molecule has 0 radical (unpaired) electrons. The Morgan fingerprint density at radius 2 is 0.783 bits per heavy atom. The first kappa shape index (κ1) is 86.1. The number of amides is 1. The Balaban J connectivity index is 2.55. The highest BCUT2D eigenvalue weighted by Crippen LogP contribution is 2.26. The van der Waals surface area contributed by atoms with Crippen LogP contribution in [0, 0.1) is 0 Å². The Labute approximate surface area is 563 Å². The molecule has 0 bridgehead atoms. The molecule has 8 atom stereocenters. The van der Waals surface area contributed by atoms with Gasteiger partial charge in [0.05, 0.1) is 25.4 Å². The highest BCUT2D eigenvalue weighted by molar-refractivity contribution is 5.80. The monoisotopic (exact) mass is 1290 g/mol. The molecule has 0 aromatic heterocycles. The average Bonchev–Trinajstić information content (AvgIpc) is 0.881. The molecule has 6 N–H and O–H groups in total. The summed E-state index contributed by atoms with van der Waals surface area (Å²) in [7, 11) is 0. The predicted molar refractivity (Wildman–Crippen MR) is 388 cm³/mol. The SMILES string of the molecule is CC/C=C\C/C=C\C/C=C\C/C=C\C/C=C\CCCCCCCCCCCCC(O)C(=O)NC(COC1OC(CO)C(O)C(O)C1OC(=O)CCCCCCCCCCC/C=C\C/C=C\C/C=C\C/C=C\CCCCC)C(O)/C=C/CCCCCCCCCCCC. The predicted octanol–water partition coefficient (Wildman–Crippen LogP) is 20.1. The minimum atomic E-state index is -1.62. The van der Waals surface area contributed by atoms with Crippen molar-refractivity contribution in [3.05, 3.63) is 122 Å². The number of carbonyl (C=O) groups is 2. The first-order chi connectivity index (χ1) is 45.2. The fourth-order valence-corrected chi connectivity index (χ4v) is 11.2. The molecule has 92 heavy (non-hydrogen) atoms. The van der Waals surface area contributed by atoms with Crippen LogP contribution in [-0.4, -0.2) is 99.6 Å². The smallest absolute Gasteiger partial charge is 0.306 e. The fraction of sp³-hybridized carbons (Fsp3) is 0.728. The number of carbonyl (C=O) groups excluding carboxylic acids is 2. The van der Waals surface area contributed by atoms with Crippen LogP contribution < -0.4 is 5.32 Å². The molecule has 528 valence electrons. The van der Waals surface area contributed by atoms with Gasteiger partial charge in [0.1, 0.15) is 24.4 Å². The van der Waals surface area contributed by atoms with E-state index < -0.39 is 67.4 Å². The molecule has 11 nitrogen and oxygen atoms in total. The van der Waals surface area contributed by atoms with Crippen molar-refractivity contribution in [3.8, 4) is 0 Å². The van der Waals surface area contributed by atoms with Crippen molar-refractivity contribution in [1.82, 2.24) is 5.32 Å². The molecular weight excluding hydrogens is 1150 g/mol. The molecule has 1 amide bonds. The van der Waals surface area contributed by atoms with E-state index in [9.17, 15) is 35.1 Å². The first-order valence-corrected chi connectivity index (χ1v) is 37.8. The zero-order valence-electron chi connectivity index (χ0n) is 58.9. The normalized spacial score (nSPS) is 18.6. The molecule has 0 aromatic rings. The number of hydrogen-bond acceptors (Lipinski definition) is 10. The van der Waals surface area contributed by atoms with Gasteiger partial charge in [0.25, 0.3) is 0 Å². The van der Waals surface area contributed by atoms with E-state index in [-0.39, 0.29) is 19.4 Å². The van der Waals surface area contributed by atoms with E-state index in [1.54, 1.807) is 6.08 Å². The summed E-state index contributed by atoms with van der Waals surface area (Å²) in [5, 5.41) is 57.4. The molecule has 1 aliphatic rings. The van der Waals surface area contributed by atoms with Crippen molar-refractivity contribution >= 4 is 11.9 Å². The Morgan fingerprint density at radius 3 is 1.20 bits per heavy atom. The lowest BCUT2D eigenvalue weighted by Gasteiger charge is -2.41. The van der Waals surface area contributed by atoms with Gasteiger partial charge in [0, 0.05) is 6.42 Å². The van der Waals surface area contributed by atoms with Gasteiger partial charge >= 0.3 is 5.97 Å². The summed E-state index contributed by atoms with van der Waals surface area (Å²) >= 11 is 0. The molecule has 1 fully saturated rings. The van der Waals surface area contributed by atoms with Gasteiger partial charge in [-0.15, -0.1) is 0 Å². The Kier molecular flexibility index (Phi) is 62.7. The van der Waals surface area contributed by atoms with Crippen LogP contribution in [0.4, 0.5) is 0 Å². The topological polar surface area (TPSA) is 175 Å². The molecule has 0 aliphatic carbocycles. The maximum Gasteiger partial charge on any atom is 0.306 e. The minimum Gasteiger partial charge on any atom is -0.454 e. The standard InChI is InChI=1S/C81H139NO10/c1-4-7-10-13-16-19-22-25-27-29-31-33-35-37-39-40-42-44-46-48-50-53-56-59-62-65-68-74(85)80(89)82-72(73(84)67-64-61-58-55-52-24-21-18-15-12-9-6-3)71-90-81-79(78(88)77(87)75(70-83)91-81)92-76(86)69-66-63-60-57-54-51-49-47-45-43-41-38-36-34-32-30-28-26-23-20-17-14-11-8-5-2/h7,10,16-17,19-20,25-28,31-34,37-39,41,64,67,72-75,77-79,81,83-85,87-88H,4-6,8-9,11-15,18,21-24,29-30,35-36,40,42-63,65-66,68-71H2,1-3H3,(H,82,89)/b10-7-,19-16-,20-17-,27-25-,28-26-,33-31-,34-32-,39-37-,41-38-,67-64+. The number of unbranched alkanes of at least 4 members (excludes halogenated alkanes) is 32. The van der Waals surface area contributed by atoms with Gasteiger partial charge in [0.15, 0.2) is 12.4 Å². The van der Waals surface area contributed by atoms with Crippen molar-refractivity contribution in [2.75, 3.05) is 13.2 Å². The largest absolute Gasteiger partial charge is 0.454 e. The number of aliphatic hydroxyl groups is 5. The molecule has 1 saturated heterocycles. The summed E-state index contributed by atoms with van der Waals surface area (Å²) in [6.07, 6.45) is 83.7. The Hall–Kier alpha value is -3.94. The molecule has 1 rings (SSSR count). The highest BCUT2D eigenvalue weighted by atomic mass is 16.7. The van der Waals surface area contributed by atoms with Crippen molar-refractivity contribution in [1.29, 1.82) is 0 Å². The summed E-state index contributed by atoms with van der Waals surface area (Å²) in [6, 6.07) is -1.04. The third-order valence-electron chi connectivity index (χ3n) is 17.1. The summed E-state index contributed by atoms with van der Waals surface area (Å²) in [4.78, 5) is 26.7. The second-order valence-corrected chi connectivity index (χ2v) is 25.6. The van der Waals surface area contributed by atoms with E-state index in [4.69, 9.17) is 14.2 Å². The van der Waals surface area contributed by atoms with E-state index in [0.717, 1.165) is 128 Å². The molecule has 11 heteroatoms. The second-order valence-electron chi connectivity index (χ2n) is 25.6. The van der Waals surface area contributed by atoms with Crippen LogP contribution >= 0.6 is 0 Å². The maximum absolute atomic E-state index is 13.5. The number of ether oxygens (including phenoxy) is 3. The summed E-state index contributed by atoms with van der Waals surface area (Å²) in [5.74, 6) is -1.20. The third-order valence-corrected chi connectivity index (χ3v) is 17.1. The van der Waals surface area contributed by atoms with Crippen molar-refractivity contribution in [2.45, 2.75) is 365 Å². The summed E-state index contributed by atoms with van der Waals surface area (Å²) in [5.41, 5.74) is 0. The van der Waals surface area contributed by atoms with Crippen LogP contribution in [0.25, 0.3) is 0 Å². The number of esters is 1. The number of hydrogen-bond donors (Lipinski definition) is 6. The van der Waals surface area contributed by atoms with Gasteiger partial charge in [0.2, 0.25) is 5.91 Å². The lowest BCUT2D eigenvalue weighted by atomic mass is 9.99. The Morgan fingerprint density at radius 1 is 0.435 bits per heavy atom. The van der Waals surface area contributed by atoms with E-state index in [1.165, 1.54) is 141 Å². The lowest BCUT2D eigenvalue weighted by molar-refractivity contribution is -0.305. The number of allylic oxidation sites excluding steroid dienone is 19. The van der Waals surface area contributed by atoms with Gasteiger partial charge in [-0.3, -0.25) is 9.59 Å². The number of rotatable bonds is 64. The molecule has 0 spiro atoms. The molecular formula is C81H139NO10. The van der Waals surface area contributed by atoms with Gasteiger partial charge < -0.3 is 45.1 Å². The average molecular weight is 1290 g/mol. The van der Waals surface area contributed by atoms with Gasteiger partial charge in [-0.2, -0.15) is 0 Å². The number of aliphatic hydroxyl groups excluding tert-OH is 5. The van der Waals surface area contributed by atoms with Crippen LogP contribution in [0.1, 0.15) is 316 Å². The lowest BCUT2D eigenvalue weighted by Crippen LogP contribution is -2.61. The maximum atomic E-state index is 13.5. The molecule has 8 unspecified atom stereocenters. The van der Waals surface area contributed by atoms with Crippen LogP contribution in [0.2, 0.25) is 0 Å². The van der Waals surface area contributed by atoms with Crippen LogP contribution in [0.15, 0.2) is 122 Å². The van der Waals surface area contributed by atoms with Crippen LogP contribution in [0.5, 0.6) is 0 Å². The van der Waals surface area contributed by atoms with Crippen LogP contribution in [-0.2, 0) is 23.8 Å². The molecule has 1 heterocycles. The summed E-state index contributed by atoms with van der Waals surface area (Å²) in [6.45, 7) is 5.67. The van der Waals surface area contributed by atoms with Gasteiger partial charge in [-0.25, -0.2) is 0 Å². The first-order valence-electron chi connectivity index (χ1n) is 37.8. The Bertz CT molecular complexity index is 1970. The van der Waals surface area contributed by atoms with E-state index in [0.29, 0.717) is 12.8 Å². The van der Waals surface area contributed by atoms with E-state index >= 15 is 0 Å². The summed E-state index contributed by atoms with van der Waals surface area (Å²) < 4.78 is 17.7. The molecule has 1 aliphatic heterocycles. The zero-order valence-corrected chi connectivity index (χ0v) is 58.9. The van der Waals surface area contributed by atoms with Gasteiger partial charge in [-0.1, -0.05) is 316 Å². The fourth-order valence-electron chi connectivity index (χ4n) is 11.2. The van der Waals surface area contributed by atoms with Crippen molar-refractivity contribution in [2.24, 2.45) is 0 Å². The van der Waals surface area contributed by atoms with Crippen LogP contribution in [0.3, 0.4) is 0 Å². The minimum absolute atomic E-state index is 0.111. The van der Waals surface area contributed by atoms with Crippen molar-refractivity contribution < 1.29 is 49.3 Å². The second kappa shape index (κ2) is 67.1.